The van der Waals surface area contributed by atoms with Crippen LogP contribution in [0.4, 0.5) is 22.9 Å². The molecule has 154 valence electrons. The van der Waals surface area contributed by atoms with E-state index in [4.69, 9.17) is 4.98 Å². The molecule has 0 saturated carbocycles. The minimum atomic E-state index is 0.0917. The van der Waals surface area contributed by atoms with Gasteiger partial charge in [0.1, 0.15) is 18.2 Å². The summed E-state index contributed by atoms with van der Waals surface area (Å²) in [5.74, 6) is 1.03. The number of aromatic nitrogens is 2. The molecular weight excluding hydrogens is 380 g/mol. The number of benzene rings is 2. The van der Waals surface area contributed by atoms with Gasteiger partial charge in [0.25, 0.3) is 0 Å². The van der Waals surface area contributed by atoms with Gasteiger partial charge in [-0.2, -0.15) is 0 Å². The van der Waals surface area contributed by atoms with Gasteiger partial charge in [-0.25, -0.2) is 9.97 Å². The van der Waals surface area contributed by atoms with E-state index in [1.54, 1.807) is 17.5 Å². The van der Waals surface area contributed by atoms with Crippen molar-refractivity contribution in [2.45, 2.75) is 51.6 Å². The molecule has 0 fully saturated rings. The summed E-state index contributed by atoms with van der Waals surface area (Å²) in [6, 6.07) is 17.8. The van der Waals surface area contributed by atoms with Crippen molar-refractivity contribution in [3.05, 3.63) is 83.3 Å². The van der Waals surface area contributed by atoms with E-state index < -0.39 is 0 Å². The molecule has 3 unspecified atom stereocenters. The van der Waals surface area contributed by atoms with E-state index in [9.17, 15) is 0 Å². The van der Waals surface area contributed by atoms with Crippen LogP contribution in [0.3, 0.4) is 0 Å². The van der Waals surface area contributed by atoms with E-state index in [1.165, 1.54) is 28.9 Å². The van der Waals surface area contributed by atoms with Gasteiger partial charge in [0, 0.05) is 22.2 Å². The number of anilines is 4. The maximum Gasteiger partial charge on any atom is 0.162 e. The molecule has 3 aromatic rings. The first-order valence-corrected chi connectivity index (χ1v) is 11.5. The van der Waals surface area contributed by atoms with Gasteiger partial charge in [0.05, 0.1) is 6.20 Å². The highest BCUT2D eigenvalue weighted by Gasteiger charge is 2.77. The molecule has 4 aliphatic rings. The molecule has 4 nitrogen and oxygen atoms in total. The summed E-state index contributed by atoms with van der Waals surface area (Å²) >= 11 is 0. The number of hydrogen-bond donors (Lipinski definition) is 0. The molecule has 4 heteroatoms. The summed E-state index contributed by atoms with van der Waals surface area (Å²) in [7, 11) is 0. The fourth-order valence-corrected chi connectivity index (χ4v) is 7.49. The van der Waals surface area contributed by atoms with Crippen LogP contribution in [0.1, 0.15) is 44.2 Å². The molecule has 0 spiro atoms. The van der Waals surface area contributed by atoms with Gasteiger partial charge in [0.15, 0.2) is 5.82 Å². The van der Waals surface area contributed by atoms with Crippen LogP contribution in [-0.2, 0) is 5.41 Å². The second-order valence-corrected chi connectivity index (χ2v) is 9.37. The van der Waals surface area contributed by atoms with Gasteiger partial charge in [-0.1, -0.05) is 61.4 Å². The third-order valence-electron chi connectivity index (χ3n) is 8.58. The van der Waals surface area contributed by atoms with Crippen molar-refractivity contribution in [3.63, 3.8) is 0 Å². The second kappa shape index (κ2) is 5.56. The number of hydrogen-bond acceptors (Lipinski definition) is 4. The molecule has 0 bridgehead atoms. The van der Waals surface area contributed by atoms with Crippen LogP contribution in [0.25, 0.3) is 0 Å². The Bertz CT molecular complexity index is 1290. The van der Waals surface area contributed by atoms with Crippen LogP contribution in [0.2, 0.25) is 0 Å². The Morgan fingerprint density at radius 2 is 1.68 bits per heavy atom. The highest BCUT2D eigenvalue weighted by molar-refractivity contribution is 5.92. The zero-order chi connectivity index (χ0) is 21.0. The maximum atomic E-state index is 4.85. The molecule has 0 saturated heterocycles. The van der Waals surface area contributed by atoms with Crippen LogP contribution >= 0.6 is 0 Å². The van der Waals surface area contributed by atoms with E-state index in [0.29, 0.717) is 0 Å². The van der Waals surface area contributed by atoms with E-state index in [2.05, 4.69) is 84.1 Å². The van der Waals surface area contributed by atoms with Crippen LogP contribution in [0, 0.1) is 12.3 Å². The lowest BCUT2D eigenvalue weighted by Gasteiger charge is -2.63. The number of rotatable bonds is 3. The van der Waals surface area contributed by atoms with E-state index in [0.717, 1.165) is 24.3 Å². The van der Waals surface area contributed by atoms with Crippen LogP contribution in [-0.4, -0.2) is 16.1 Å². The standard InChI is InChI=1S/C27H26N4/c1-4-26-18-11-7-9-13-22(18)30-23-15-28-16-29-24(23)31(21-12-8-6-10-17(21)3)25(30)27(26,5-2)20-14-19(20)26/h6-13,15-16,25H,4-5,14H2,1-3H3. The third-order valence-corrected chi connectivity index (χ3v) is 8.58. The first-order valence-electron chi connectivity index (χ1n) is 11.5. The fraction of sp³-hybridized carbons (Fsp3) is 0.333. The average Bonchev–Trinajstić information content (AvgIpc) is 3.46. The average molecular weight is 407 g/mol. The number of aryl methyl sites for hydroxylation is 1. The number of fused-ring (bicyclic) bond motifs is 10. The van der Waals surface area contributed by atoms with Gasteiger partial charge < -0.3 is 9.80 Å². The highest BCUT2D eigenvalue weighted by Crippen LogP contribution is 2.81. The lowest BCUT2D eigenvalue weighted by Crippen LogP contribution is -2.66. The molecule has 2 aromatic carbocycles. The van der Waals surface area contributed by atoms with Crippen molar-refractivity contribution in [3.8, 4) is 0 Å². The zero-order valence-electron chi connectivity index (χ0n) is 18.3. The Hall–Kier alpha value is -3.14. The Kier molecular flexibility index (Phi) is 3.14. The van der Waals surface area contributed by atoms with Crippen molar-refractivity contribution in [1.29, 1.82) is 0 Å². The predicted molar refractivity (Wildman–Crippen MR) is 124 cm³/mol. The minimum Gasteiger partial charge on any atom is -0.314 e. The van der Waals surface area contributed by atoms with E-state index in [1.807, 2.05) is 6.20 Å². The van der Waals surface area contributed by atoms with Gasteiger partial charge in [0.2, 0.25) is 0 Å². The fourth-order valence-electron chi connectivity index (χ4n) is 7.49. The molecular formula is C27H26N4. The summed E-state index contributed by atoms with van der Waals surface area (Å²) < 4.78 is 0. The summed E-state index contributed by atoms with van der Waals surface area (Å²) in [5.41, 5.74) is 10.1. The SMILES string of the molecule is CCC12C3=C(C3)C1(CC)C1N(c3ccccc32)c2cncnc2N1c1ccccc1C. The van der Waals surface area contributed by atoms with Crippen molar-refractivity contribution >= 4 is 22.9 Å². The number of para-hydroxylation sites is 2. The van der Waals surface area contributed by atoms with Crippen molar-refractivity contribution in [2.75, 3.05) is 9.80 Å². The summed E-state index contributed by atoms with van der Waals surface area (Å²) in [6.07, 6.45) is 7.35. The Balaban J connectivity index is 1.60. The molecule has 3 atom stereocenters. The molecule has 2 aliphatic heterocycles. The van der Waals surface area contributed by atoms with Gasteiger partial charge >= 0.3 is 0 Å². The molecule has 0 radical (unpaired) electrons. The van der Waals surface area contributed by atoms with Crippen molar-refractivity contribution in [1.82, 2.24) is 9.97 Å². The second-order valence-electron chi connectivity index (χ2n) is 9.37. The number of allylic oxidation sites excluding steroid dienone is 1. The molecule has 7 rings (SSSR count). The maximum absolute atomic E-state index is 4.85. The molecule has 1 aromatic heterocycles. The normalized spacial score (nSPS) is 28.9. The van der Waals surface area contributed by atoms with E-state index in [-0.39, 0.29) is 17.0 Å². The van der Waals surface area contributed by atoms with Crippen LogP contribution in [0.15, 0.2) is 72.2 Å². The lowest BCUT2D eigenvalue weighted by molar-refractivity contribution is 0.122. The monoisotopic (exact) mass is 406 g/mol. The Labute approximate surface area is 183 Å². The minimum absolute atomic E-state index is 0.0917. The van der Waals surface area contributed by atoms with Crippen LogP contribution < -0.4 is 9.80 Å². The predicted octanol–water partition coefficient (Wildman–Crippen LogP) is 6.17. The van der Waals surface area contributed by atoms with Gasteiger partial charge in [-0.3, -0.25) is 0 Å². The van der Waals surface area contributed by atoms with E-state index >= 15 is 0 Å². The smallest absolute Gasteiger partial charge is 0.162 e. The number of nitrogens with zero attached hydrogens (tertiary/aromatic N) is 4. The van der Waals surface area contributed by atoms with Crippen molar-refractivity contribution < 1.29 is 0 Å². The molecule has 3 heterocycles. The lowest BCUT2D eigenvalue weighted by atomic mass is 9.47. The van der Waals surface area contributed by atoms with Crippen LogP contribution in [0.5, 0.6) is 0 Å². The quantitative estimate of drug-likeness (QED) is 0.487. The first kappa shape index (κ1) is 17.5. The molecule has 0 amide bonds. The summed E-state index contributed by atoms with van der Waals surface area (Å²) in [5, 5.41) is 0. The van der Waals surface area contributed by atoms with Crippen molar-refractivity contribution in [2.24, 2.45) is 5.41 Å². The molecule has 31 heavy (non-hydrogen) atoms. The van der Waals surface area contributed by atoms with Gasteiger partial charge in [-0.15, -0.1) is 0 Å². The largest absolute Gasteiger partial charge is 0.314 e. The topological polar surface area (TPSA) is 32.3 Å². The summed E-state index contributed by atoms with van der Waals surface area (Å²) in [4.78, 5) is 14.4. The molecule has 2 aliphatic carbocycles. The van der Waals surface area contributed by atoms with Gasteiger partial charge in [-0.05, 0) is 49.4 Å². The Morgan fingerprint density at radius 1 is 0.903 bits per heavy atom. The third kappa shape index (κ3) is 1.70. The zero-order valence-corrected chi connectivity index (χ0v) is 18.3. The molecule has 0 N–H and O–H groups in total. The highest BCUT2D eigenvalue weighted by atomic mass is 15.5. The summed E-state index contributed by atoms with van der Waals surface area (Å²) in [6.45, 7) is 6.99. The Morgan fingerprint density at radius 3 is 2.45 bits per heavy atom. The first-order chi connectivity index (χ1) is 15.2.